The van der Waals surface area contributed by atoms with Gasteiger partial charge in [-0.05, 0) is 51.4 Å². The summed E-state index contributed by atoms with van der Waals surface area (Å²) in [5.74, 6) is -0.928. The molecule has 0 unspecified atom stereocenters. The van der Waals surface area contributed by atoms with Crippen LogP contribution < -0.4 is 0 Å². The van der Waals surface area contributed by atoms with Gasteiger partial charge in [0.05, 0.1) is 6.61 Å². The van der Waals surface area contributed by atoms with Gasteiger partial charge in [0.25, 0.3) is 0 Å². The molecule has 0 aromatic heterocycles. The molecule has 0 aliphatic heterocycles. The highest BCUT2D eigenvalue weighted by atomic mass is 31.2. The van der Waals surface area contributed by atoms with Crippen LogP contribution in [0, 0.1) is 0 Å². The van der Waals surface area contributed by atoms with Crippen molar-refractivity contribution in [1.82, 2.24) is 0 Å². The van der Waals surface area contributed by atoms with Crippen molar-refractivity contribution < 1.29 is 37.9 Å². The number of unbranched alkanes of at least 4 members (excludes halogenated alkanes) is 17. The van der Waals surface area contributed by atoms with Crippen LogP contribution in [-0.2, 0) is 28.2 Å². The Labute approximate surface area is 281 Å². The second kappa shape index (κ2) is 33.2. The number of phosphoric acid groups is 1. The Morgan fingerprint density at radius 1 is 0.565 bits per heavy atom. The third-order valence-electron chi connectivity index (χ3n) is 7.66. The fourth-order valence-electron chi connectivity index (χ4n) is 4.91. The van der Waals surface area contributed by atoms with E-state index in [4.69, 9.17) is 19.3 Å². The highest BCUT2D eigenvalue weighted by Crippen LogP contribution is 2.36. The average Bonchev–Trinajstić information content (AvgIpc) is 3.02. The molecule has 0 saturated heterocycles. The van der Waals surface area contributed by atoms with Gasteiger partial charge in [-0.15, -0.1) is 0 Å². The summed E-state index contributed by atoms with van der Waals surface area (Å²) in [5, 5.41) is 0. The van der Waals surface area contributed by atoms with Crippen LogP contribution in [0.1, 0.15) is 168 Å². The number of phosphoric ester groups is 1. The summed E-state index contributed by atoms with van der Waals surface area (Å²) in [5.41, 5.74) is 0. The van der Waals surface area contributed by atoms with E-state index in [9.17, 15) is 14.2 Å². The zero-order valence-corrected chi connectivity index (χ0v) is 30.1. The van der Waals surface area contributed by atoms with Crippen molar-refractivity contribution >= 4 is 19.8 Å². The maximum absolute atomic E-state index is 12.3. The van der Waals surface area contributed by atoms with E-state index in [0.717, 1.165) is 51.4 Å². The van der Waals surface area contributed by atoms with Crippen LogP contribution >= 0.6 is 7.82 Å². The Kier molecular flexibility index (Phi) is 31.9. The quantitative estimate of drug-likeness (QED) is 0.0306. The molecule has 0 amide bonds. The van der Waals surface area contributed by atoms with Gasteiger partial charge >= 0.3 is 19.8 Å². The summed E-state index contributed by atoms with van der Waals surface area (Å²) in [7, 11) is -4.76. The molecule has 0 bridgehead atoms. The largest absolute Gasteiger partial charge is 0.469 e. The van der Waals surface area contributed by atoms with E-state index in [1.165, 1.54) is 83.5 Å². The molecule has 46 heavy (non-hydrogen) atoms. The van der Waals surface area contributed by atoms with E-state index in [0.29, 0.717) is 6.42 Å². The summed E-state index contributed by atoms with van der Waals surface area (Å²) in [6, 6.07) is 0. The first kappa shape index (κ1) is 44.3. The van der Waals surface area contributed by atoms with Gasteiger partial charge in [-0.2, -0.15) is 0 Å². The summed E-state index contributed by atoms with van der Waals surface area (Å²) in [6.45, 7) is 3.61. The molecular formula is C37H67O8P. The highest BCUT2D eigenvalue weighted by molar-refractivity contribution is 7.46. The molecule has 0 aliphatic carbocycles. The molecular weight excluding hydrogens is 603 g/mol. The summed E-state index contributed by atoms with van der Waals surface area (Å²) >= 11 is 0. The van der Waals surface area contributed by atoms with Gasteiger partial charge in [-0.3, -0.25) is 14.1 Å². The van der Waals surface area contributed by atoms with Crippen LogP contribution in [0.2, 0.25) is 0 Å². The van der Waals surface area contributed by atoms with E-state index >= 15 is 0 Å². The fourth-order valence-corrected chi connectivity index (χ4v) is 5.27. The van der Waals surface area contributed by atoms with E-state index in [2.05, 4.69) is 54.8 Å². The number of allylic oxidation sites excluding steroid dienone is 6. The number of esters is 2. The second-order valence-corrected chi connectivity index (χ2v) is 13.4. The minimum Gasteiger partial charge on any atom is -0.462 e. The molecule has 0 fully saturated rings. The normalized spacial score (nSPS) is 12.9. The minimum absolute atomic E-state index is 0.164. The van der Waals surface area contributed by atoms with Gasteiger partial charge < -0.3 is 19.3 Å². The Bertz CT molecular complexity index is 848. The Morgan fingerprint density at radius 3 is 1.50 bits per heavy atom. The molecule has 0 heterocycles. The van der Waals surface area contributed by atoms with Crippen LogP contribution in [0.25, 0.3) is 0 Å². The highest BCUT2D eigenvalue weighted by Gasteiger charge is 2.22. The van der Waals surface area contributed by atoms with Gasteiger partial charge in [0.2, 0.25) is 0 Å². The lowest BCUT2D eigenvalue weighted by Gasteiger charge is -2.18. The summed E-state index contributed by atoms with van der Waals surface area (Å²) in [4.78, 5) is 42.6. The molecule has 268 valence electrons. The zero-order chi connectivity index (χ0) is 34.0. The number of carbonyl (C=O) groups is 2. The van der Waals surface area contributed by atoms with Crippen molar-refractivity contribution in [3.8, 4) is 0 Å². The topological polar surface area (TPSA) is 119 Å². The zero-order valence-electron chi connectivity index (χ0n) is 29.2. The predicted molar refractivity (Wildman–Crippen MR) is 188 cm³/mol. The van der Waals surface area contributed by atoms with Gasteiger partial charge in [0.1, 0.15) is 6.61 Å². The molecule has 0 aromatic rings. The molecule has 0 aromatic carbocycles. The second-order valence-electron chi connectivity index (χ2n) is 12.2. The fraction of sp³-hybridized carbons (Fsp3) is 0.784. The van der Waals surface area contributed by atoms with Crippen molar-refractivity contribution in [2.24, 2.45) is 0 Å². The molecule has 0 radical (unpaired) electrons. The molecule has 0 rings (SSSR count). The van der Waals surface area contributed by atoms with Gasteiger partial charge in [0, 0.05) is 12.8 Å². The summed E-state index contributed by atoms with van der Waals surface area (Å²) < 4.78 is 26.2. The lowest BCUT2D eigenvalue weighted by molar-refractivity contribution is -0.161. The predicted octanol–water partition coefficient (Wildman–Crippen LogP) is 10.6. The summed E-state index contributed by atoms with van der Waals surface area (Å²) in [6.07, 6.45) is 37.2. The standard InChI is InChI=1S/C37H67O8P/c1-3-5-7-9-11-13-15-17-18-20-22-24-26-28-30-32-37(39)45-35(34-44-46(40,41)42)33-43-36(38)31-29-27-25-23-21-19-16-14-12-10-8-6-4-2/h11,13,17-18,22,24,35H,3-10,12,14-16,19-21,23,25-34H2,1-2H3,(H2,40,41,42)/b13-11+,18-17+,24-22+/t35-/m1/s1. The van der Waals surface area contributed by atoms with Crippen LogP contribution in [0.4, 0.5) is 0 Å². The third kappa shape index (κ3) is 35.1. The number of hydrogen-bond donors (Lipinski definition) is 2. The lowest BCUT2D eigenvalue weighted by atomic mass is 10.0. The van der Waals surface area contributed by atoms with Gasteiger partial charge in [-0.1, -0.05) is 140 Å². The van der Waals surface area contributed by atoms with Crippen molar-refractivity contribution in [2.75, 3.05) is 13.2 Å². The van der Waals surface area contributed by atoms with E-state index < -0.39 is 32.5 Å². The maximum Gasteiger partial charge on any atom is 0.469 e. The monoisotopic (exact) mass is 670 g/mol. The maximum atomic E-state index is 12.3. The molecule has 0 aliphatic rings. The smallest absolute Gasteiger partial charge is 0.462 e. The van der Waals surface area contributed by atoms with Crippen LogP contribution in [0.3, 0.4) is 0 Å². The number of rotatable bonds is 33. The van der Waals surface area contributed by atoms with Crippen molar-refractivity contribution in [1.29, 1.82) is 0 Å². The number of carbonyl (C=O) groups excluding carboxylic acids is 2. The average molecular weight is 671 g/mol. The molecule has 8 nitrogen and oxygen atoms in total. The van der Waals surface area contributed by atoms with Crippen LogP contribution in [0.15, 0.2) is 36.5 Å². The molecule has 0 spiro atoms. The molecule has 9 heteroatoms. The first-order valence-corrected chi connectivity index (χ1v) is 19.8. The molecule has 2 N–H and O–H groups in total. The first-order chi connectivity index (χ1) is 22.3. The SMILES string of the molecule is CCCCC/C=C/C/C=C/C/C=C/CCCCC(=O)O[C@H](COC(=O)CCCCCCCCCCCCCCC)COP(=O)(O)O. The van der Waals surface area contributed by atoms with E-state index in [1.807, 2.05) is 0 Å². The number of ether oxygens (including phenoxy) is 2. The Hall–Kier alpha value is -1.73. The minimum atomic E-state index is -4.76. The van der Waals surface area contributed by atoms with E-state index in [1.54, 1.807) is 0 Å². The van der Waals surface area contributed by atoms with Gasteiger partial charge in [0.15, 0.2) is 6.10 Å². The van der Waals surface area contributed by atoms with E-state index in [-0.39, 0.29) is 19.4 Å². The Balaban J connectivity index is 4.05. The molecule has 0 saturated carbocycles. The van der Waals surface area contributed by atoms with Crippen molar-refractivity contribution in [2.45, 2.75) is 174 Å². The van der Waals surface area contributed by atoms with Crippen molar-refractivity contribution in [3.05, 3.63) is 36.5 Å². The molecule has 1 atom stereocenters. The third-order valence-corrected chi connectivity index (χ3v) is 8.15. The lowest BCUT2D eigenvalue weighted by Crippen LogP contribution is -2.29. The van der Waals surface area contributed by atoms with Crippen LogP contribution in [0.5, 0.6) is 0 Å². The van der Waals surface area contributed by atoms with Crippen LogP contribution in [-0.4, -0.2) is 41.0 Å². The number of hydrogen-bond acceptors (Lipinski definition) is 6. The van der Waals surface area contributed by atoms with Crippen molar-refractivity contribution in [3.63, 3.8) is 0 Å². The van der Waals surface area contributed by atoms with Gasteiger partial charge in [-0.25, -0.2) is 4.57 Å². The Morgan fingerprint density at radius 2 is 0.978 bits per heavy atom. The first-order valence-electron chi connectivity index (χ1n) is 18.3.